The summed E-state index contributed by atoms with van der Waals surface area (Å²) in [6.45, 7) is 0. The number of aromatic nitrogens is 2. The maximum Gasteiger partial charge on any atom is 0.416 e. The molecule has 3 aromatic carbocycles. The van der Waals surface area contributed by atoms with E-state index in [1.54, 1.807) is 24.5 Å². The van der Waals surface area contributed by atoms with Gasteiger partial charge in [0.15, 0.2) is 0 Å². The van der Waals surface area contributed by atoms with E-state index in [9.17, 15) is 26.3 Å². The van der Waals surface area contributed by atoms with Gasteiger partial charge in [-0.05, 0) is 76.0 Å². The number of alkyl halides is 6. The molecule has 0 bridgehead atoms. The van der Waals surface area contributed by atoms with Gasteiger partial charge in [-0.25, -0.2) is 0 Å². The molecule has 0 fully saturated rings. The van der Waals surface area contributed by atoms with Crippen molar-refractivity contribution in [1.82, 2.24) is 9.97 Å². The van der Waals surface area contributed by atoms with Gasteiger partial charge >= 0.3 is 12.4 Å². The summed E-state index contributed by atoms with van der Waals surface area (Å²) in [7, 11) is 0. The lowest BCUT2D eigenvalue weighted by Crippen LogP contribution is -2.11. The van der Waals surface area contributed by atoms with Crippen LogP contribution in [0.5, 0.6) is 0 Å². The lowest BCUT2D eigenvalue weighted by atomic mass is 9.95. The zero-order chi connectivity index (χ0) is 25.5. The van der Waals surface area contributed by atoms with Crippen molar-refractivity contribution in [3.8, 4) is 33.6 Å². The van der Waals surface area contributed by atoms with Gasteiger partial charge in [0.1, 0.15) is 0 Å². The van der Waals surface area contributed by atoms with Crippen molar-refractivity contribution in [2.75, 3.05) is 0 Å². The molecule has 0 saturated heterocycles. The number of hydrogen-bond donors (Lipinski definition) is 0. The minimum atomic E-state index is -4.91. The zero-order valence-corrected chi connectivity index (χ0v) is 18.4. The molecule has 2 heterocycles. The van der Waals surface area contributed by atoms with E-state index in [2.05, 4.69) is 9.97 Å². The Morgan fingerprint density at radius 2 is 1.06 bits per heavy atom. The van der Waals surface area contributed by atoms with Crippen LogP contribution in [0.1, 0.15) is 11.1 Å². The third-order valence-corrected chi connectivity index (χ3v) is 5.79. The molecular formula is C28H16F6N2. The first-order chi connectivity index (χ1) is 17.1. The SMILES string of the molecule is FC(F)(F)c1cc(-c2ccc3ccc(-c4ccc(-c5ccccn5)nc4)cc3c2)cc(C(F)(F)F)c1. The molecule has 0 radical (unpaired) electrons. The average molecular weight is 494 g/mol. The third kappa shape index (κ3) is 4.79. The number of halogens is 6. The highest BCUT2D eigenvalue weighted by Gasteiger charge is 2.37. The summed E-state index contributed by atoms with van der Waals surface area (Å²) in [5, 5.41) is 1.47. The van der Waals surface area contributed by atoms with E-state index in [-0.39, 0.29) is 17.2 Å². The lowest BCUT2D eigenvalue weighted by Gasteiger charge is -2.15. The Kier molecular flexibility index (Phi) is 5.74. The van der Waals surface area contributed by atoms with Gasteiger partial charge in [-0.1, -0.05) is 36.4 Å². The molecule has 5 aromatic rings. The predicted molar refractivity (Wildman–Crippen MR) is 126 cm³/mol. The second-order valence-electron chi connectivity index (χ2n) is 8.22. The summed E-state index contributed by atoms with van der Waals surface area (Å²) in [5.74, 6) is 0. The predicted octanol–water partition coefficient (Wildman–Crippen LogP) is 8.67. The van der Waals surface area contributed by atoms with Gasteiger partial charge in [0, 0.05) is 18.0 Å². The molecular weight excluding hydrogens is 478 g/mol. The maximum absolute atomic E-state index is 13.3. The first kappa shape index (κ1) is 23.5. The fourth-order valence-electron chi connectivity index (χ4n) is 3.96. The molecule has 36 heavy (non-hydrogen) atoms. The van der Waals surface area contributed by atoms with Crippen LogP contribution in [0.25, 0.3) is 44.4 Å². The number of rotatable bonds is 3. The number of hydrogen-bond acceptors (Lipinski definition) is 2. The standard InChI is InChI=1S/C28H16F6N2/c29-27(30,31)23-13-22(14-24(15-23)28(32,33)34)19-7-5-17-4-6-18(11-21(17)12-19)20-8-9-26(36-16-20)25-3-1-2-10-35-25/h1-16H. The molecule has 2 aromatic heterocycles. The normalized spacial score (nSPS) is 12.2. The molecule has 0 aliphatic carbocycles. The molecule has 0 spiro atoms. The summed E-state index contributed by atoms with van der Waals surface area (Å²) in [5.41, 5.74) is 0.435. The molecule has 0 aliphatic rings. The van der Waals surface area contributed by atoms with Crippen LogP contribution in [-0.2, 0) is 12.4 Å². The summed E-state index contributed by atoms with van der Waals surface area (Å²) in [6.07, 6.45) is -6.45. The van der Waals surface area contributed by atoms with Crippen LogP contribution < -0.4 is 0 Å². The molecule has 180 valence electrons. The third-order valence-electron chi connectivity index (χ3n) is 5.79. The van der Waals surface area contributed by atoms with Crippen molar-refractivity contribution >= 4 is 10.8 Å². The van der Waals surface area contributed by atoms with Gasteiger partial charge in [0.2, 0.25) is 0 Å². The maximum atomic E-state index is 13.3. The Bertz CT molecular complexity index is 1510. The highest BCUT2D eigenvalue weighted by Crippen LogP contribution is 2.39. The minimum absolute atomic E-state index is 0.129. The molecule has 0 aliphatic heterocycles. The first-order valence-electron chi connectivity index (χ1n) is 10.8. The molecule has 0 amide bonds. The molecule has 0 N–H and O–H groups in total. The number of benzene rings is 3. The molecule has 8 heteroatoms. The van der Waals surface area contributed by atoms with Crippen LogP contribution in [0.3, 0.4) is 0 Å². The highest BCUT2D eigenvalue weighted by molar-refractivity contribution is 5.91. The second kappa shape index (κ2) is 8.78. The number of pyridine rings is 2. The van der Waals surface area contributed by atoms with Gasteiger partial charge < -0.3 is 0 Å². The molecule has 2 nitrogen and oxygen atoms in total. The fraction of sp³-hybridized carbons (Fsp3) is 0.0714. The first-order valence-corrected chi connectivity index (χ1v) is 10.8. The number of nitrogens with zero attached hydrogens (tertiary/aromatic N) is 2. The summed E-state index contributed by atoms with van der Waals surface area (Å²) < 4.78 is 79.8. The largest absolute Gasteiger partial charge is 0.416 e. The van der Waals surface area contributed by atoms with Gasteiger partial charge in [0.25, 0.3) is 0 Å². The Balaban J connectivity index is 1.55. The zero-order valence-electron chi connectivity index (χ0n) is 18.4. The summed E-state index contributed by atoms with van der Waals surface area (Å²) in [6, 6.07) is 21.2. The van der Waals surface area contributed by atoms with Crippen LogP contribution in [0, 0.1) is 0 Å². The Labute approximate surface area is 201 Å². The van der Waals surface area contributed by atoms with Crippen LogP contribution in [-0.4, -0.2) is 9.97 Å². The quantitative estimate of drug-likeness (QED) is 0.235. The Hall–Kier alpha value is -4.20. The smallest absolute Gasteiger partial charge is 0.255 e. The van der Waals surface area contributed by atoms with Gasteiger partial charge in [-0.3, -0.25) is 9.97 Å². The Morgan fingerprint density at radius 3 is 1.58 bits per heavy atom. The van der Waals surface area contributed by atoms with Crippen LogP contribution in [0.4, 0.5) is 26.3 Å². The van der Waals surface area contributed by atoms with Crippen molar-refractivity contribution in [2.45, 2.75) is 12.4 Å². The van der Waals surface area contributed by atoms with Crippen molar-refractivity contribution in [3.05, 3.63) is 108 Å². The van der Waals surface area contributed by atoms with E-state index in [4.69, 9.17) is 0 Å². The molecule has 5 rings (SSSR count). The molecule has 0 unspecified atom stereocenters. The second-order valence-corrected chi connectivity index (χ2v) is 8.22. The van der Waals surface area contributed by atoms with E-state index in [1.165, 1.54) is 6.07 Å². The van der Waals surface area contributed by atoms with Gasteiger partial charge in [-0.15, -0.1) is 0 Å². The van der Waals surface area contributed by atoms with Crippen molar-refractivity contribution < 1.29 is 26.3 Å². The van der Waals surface area contributed by atoms with E-state index in [0.29, 0.717) is 11.1 Å². The van der Waals surface area contributed by atoms with Crippen molar-refractivity contribution in [2.24, 2.45) is 0 Å². The van der Waals surface area contributed by atoms with E-state index < -0.39 is 23.5 Å². The van der Waals surface area contributed by atoms with Crippen LogP contribution in [0.15, 0.2) is 97.3 Å². The summed E-state index contributed by atoms with van der Waals surface area (Å²) in [4.78, 5) is 8.73. The lowest BCUT2D eigenvalue weighted by molar-refractivity contribution is -0.143. The van der Waals surface area contributed by atoms with Gasteiger partial charge in [0.05, 0.1) is 22.5 Å². The van der Waals surface area contributed by atoms with Crippen molar-refractivity contribution in [1.29, 1.82) is 0 Å². The van der Waals surface area contributed by atoms with E-state index >= 15 is 0 Å². The monoisotopic (exact) mass is 494 g/mol. The Morgan fingerprint density at radius 1 is 0.472 bits per heavy atom. The highest BCUT2D eigenvalue weighted by atomic mass is 19.4. The molecule has 0 atom stereocenters. The van der Waals surface area contributed by atoms with Crippen LogP contribution >= 0.6 is 0 Å². The van der Waals surface area contributed by atoms with E-state index in [0.717, 1.165) is 34.3 Å². The average Bonchev–Trinajstić information content (AvgIpc) is 2.87. The fourth-order valence-corrected chi connectivity index (χ4v) is 3.96. The van der Waals surface area contributed by atoms with Crippen LogP contribution in [0.2, 0.25) is 0 Å². The van der Waals surface area contributed by atoms with E-state index in [1.807, 2.05) is 48.5 Å². The minimum Gasteiger partial charge on any atom is -0.255 e. The van der Waals surface area contributed by atoms with Gasteiger partial charge in [-0.2, -0.15) is 26.3 Å². The van der Waals surface area contributed by atoms with Crippen molar-refractivity contribution in [3.63, 3.8) is 0 Å². The number of fused-ring (bicyclic) bond motifs is 1. The topological polar surface area (TPSA) is 25.8 Å². The molecule has 0 saturated carbocycles. The summed E-state index contributed by atoms with van der Waals surface area (Å²) >= 11 is 0.